The number of non-ortho nitro benzene ring substituents is 1. The van der Waals surface area contributed by atoms with Crippen LogP contribution in [0, 0.1) is 17.0 Å². The first-order chi connectivity index (χ1) is 12.3. The summed E-state index contributed by atoms with van der Waals surface area (Å²) < 4.78 is 0. The number of guanidine groups is 1. The molecule has 1 saturated heterocycles. The van der Waals surface area contributed by atoms with Crippen LogP contribution in [0.15, 0.2) is 34.6 Å². The van der Waals surface area contributed by atoms with Crippen LogP contribution in [0.2, 0.25) is 0 Å². The second-order valence-electron chi connectivity index (χ2n) is 6.28. The molecule has 26 heavy (non-hydrogen) atoms. The van der Waals surface area contributed by atoms with E-state index in [4.69, 9.17) is 0 Å². The molecule has 10 heteroatoms. The van der Waals surface area contributed by atoms with Gasteiger partial charge in [-0.25, -0.2) is 5.01 Å². The maximum Gasteiger partial charge on any atom is 0.269 e. The number of hydrogen-bond acceptors (Lipinski definition) is 7. The van der Waals surface area contributed by atoms with Crippen molar-refractivity contribution < 1.29 is 14.5 Å². The zero-order chi connectivity index (χ0) is 19.0. The van der Waals surface area contributed by atoms with Crippen LogP contribution in [-0.2, 0) is 9.59 Å². The number of aliphatic imine (C=N–C) groups is 1. The van der Waals surface area contributed by atoms with E-state index in [0.717, 1.165) is 5.57 Å². The molecule has 3 rings (SSSR count). The molecule has 0 unspecified atom stereocenters. The van der Waals surface area contributed by atoms with Crippen molar-refractivity contribution in [2.45, 2.75) is 33.2 Å². The van der Waals surface area contributed by atoms with E-state index < -0.39 is 16.9 Å². The average molecular weight is 358 g/mol. The van der Waals surface area contributed by atoms with Gasteiger partial charge in [-0.3, -0.25) is 30.4 Å². The van der Waals surface area contributed by atoms with Gasteiger partial charge in [0.15, 0.2) is 0 Å². The molecule has 1 aromatic rings. The Labute approximate surface area is 149 Å². The van der Waals surface area contributed by atoms with Gasteiger partial charge in [0.05, 0.1) is 11.3 Å². The van der Waals surface area contributed by atoms with Crippen molar-refractivity contribution in [3.63, 3.8) is 0 Å². The Hall–Kier alpha value is -3.43. The highest BCUT2D eigenvalue weighted by Crippen LogP contribution is 2.23. The number of nitrogens with one attached hydrogen (secondary N) is 3. The lowest BCUT2D eigenvalue weighted by atomic mass is 10.1. The Morgan fingerprint density at radius 2 is 2.15 bits per heavy atom. The van der Waals surface area contributed by atoms with Gasteiger partial charge in [-0.05, 0) is 38.0 Å². The monoisotopic (exact) mass is 358 g/mol. The number of fused-ring (bicyclic) bond motifs is 1. The van der Waals surface area contributed by atoms with Crippen LogP contribution in [0.4, 0.5) is 11.4 Å². The molecule has 0 spiro atoms. The van der Waals surface area contributed by atoms with Gasteiger partial charge in [-0.15, -0.1) is 0 Å². The average Bonchev–Trinajstić information content (AvgIpc) is 2.99. The molecule has 0 aromatic heterocycles. The zero-order valence-electron chi connectivity index (χ0n) is 14.5. The number of nitrogens with zero attached hydrogens (tertiary/aromatic N) is 3. The highest BCUT2D eigenvalue weighted by molar-refractivity contribution is 6.07. The second-order valence-corrected chi connectivity index (χ2v) is 6.28. The largest absolute Gasteiger partial charge is 0.324 e. The minimum absolute atomic E-state index is 0.0417. The Bertz CT molecular complexity index is 871. The Morgan fingerprint density at radius 3 is 2.77 bits per heavy atom. The molecular formula is C16H18N6O4. The summed E-state index contributed by atoms with van der Waals surface area (Å²) in [7, 11) is 0. The predicted octanol–water partition coefficient (Wildman–Crippen LogP) is 1.16. The summed E-state index contributed by atoms with van der Waals surface area (Å²) in [5.74, 6) is 0.133. The zero-order valence-corrected chi connectivity index (χ0v) is 14.5. The molecule has 2 amide bonds. The van der Waals surface area contributed by atoms with Crippen LogP contribution in [-0.4, -0.2) is 33.7 Å². The molecule has 2 aliphatic rings. The Kier molecular flexibility index (Phi) is 4.33. The molecule has 1 aromatic carbocycles. The van der Waals surface area contributed by atoms with Gasteiger partial charge in [0.1, 0.15) is 11.9 Å². The van der Waals surface area contributed by atoms with Gasteiger partial charge < -0.3 is 5.32 Å². The standard InChI is InChI=1S/C16H18N6O4/c1-8(2)14-19-16-18-13(23)7-12(21(16)20-14)15(24)17-11-5-4-10(22(25)26)6-9(11)3/h4-6,12,20H,7H2,1-3H3,(H,17,24)(H,18,19,23)/t12-/m1/s1. The summed E-state index contributed by atoms with van der Waals surface area (Å²) in [4.78, 5) is 39.2. The predicted molar refractivity (Wildman–Crippen MR) is 93.8 cm³/mol. The van der Waals surface area contributed by atoms with E-state index in [1.807, 2.05) is 13.8 Å². The highest BCUT2D eigenvalue weighted by atomic mass is 16.6. The van der Waals surface area contributed by atoms with E-state index in [9.17, 15) is 19.7 Å². The number of hydrazine groups is 1. The third-order valence-electron chi connectivity index (χ3n) is 4.07. The fraction of sp³-hybridized carbons (Fsp3) is 0.312. The van der Waals surface area contributed by atoms with Crippen molar-refractivity contribution in [2.75, 3.05) is 5.32 Å². The van der Waals surface area contributed by atoms with Gasteiger partial charge in [0.25, 0.3) is 5.69 Å². The van der Waals surface area contributed by atoms with Crippen molar-refractivity contribution in [3.05, 3.63) is 45.3 Å². The van der Waals surface area contributed by atoms with Gasteiger partial charge in [-0.1, -0.05) is 0 Å². The fourth-order valence-electron chi connectivity index (χ4n) is 2.66. The van der Waals surface area contributed by atoms with E-state index in [2.05, 4.69) is 21.1 Å². The number of anilines is 1. The first kappa shape index (κ1) is 17.4. The Morgan fingerprint density at radius 1 is 1.42 bits per heavy atom. The number of nitro groups is 1. The van der Waals surface area contributed by atoms with Crippen LogP contribution >= 0.6 is 0 Å². The minimum Gasteiger partial charge on any atom is -0.324 e. The quantitative estimate of drug-likeness (QED) is 0.549. The maximum absolute atomic E-state index is 12.7. The molecule has 0 aliphatic carbocycles. The SMILES string of the molecule is CC(C)=C1N=C2NC(=O)C[C@H](C(=O)Nc3ccc([N+](=O)[O-])cc3C)N2N1. The van der Waals surface area contributed by atoms with Gasteiger partial charge in [0.2, 0.25) is 17.8 Å². The number of allylic oxidation sites excluding steroid dienone is 1. The molecule has 0 bridgehead atoms. The van der Waals surface area contributed by atoms with E-state index in [1.54, 1.807) is 6.92 Å². The summed E-state index contributed by atoms with van der Waals surface area (Å²) in [6.07, 6.45) is -0.0417. The fourth-order valence-corrected chi connectivity index (χ4v) is 2.66. The molecule has 2 heterocycles. The van der Waals surface area contributed by atoms with Crippen LogP contribution in [0.1, 0.15) is 25.8 Å². The topological polar surface area (TPSA) is 129 Å². The summed E-state index contributed by atoms with van der Waals surface area (Å²) in [6.45, 7) is 5.39. The van der Waals surface area contributed by atoms with E-state index >= 15 is 0 Å². The van der Waals surface area contributed by atoms with Gasteiger partial charge >= 0.3 is 0 Å². The van der Waals surface area contributed by atoms with Crippen LogP contribution in [0.5, 0.6) is 0 Å². The molecular weight excluding hydrogens is 340 g/mol. The van der Waals surface area contributed by atoms with Gasteiger partial charge in [0, 0.05) is 17.8 Å². The number of aryl methyl sites for hydroxylation is 1. The third-order valence-corrected chi connectivity index (χ3v) is 4.07. The molecule has 136 valence electrons. The van der Waals surface area contributed by atoms with Crippen molar-refractivity contribution >= 4 is 29.1 Å². The summed E-state index contributed by atoms with van der Waals surface area (Å²) in [5, 5.41) is 17.7. The minimum atomic E-state index is -0.797. The maximum atomic E-state index is 12.7. The van der Waals surface area contributed by atoms with Crippen LogP contribution < -0.4 is 16.1 Å². The molecule has 2 aliphatic heterocycles. The van der Waals surface area contributed by atoms with Crippen molar-refractivity contribution in [1.29, 1.82) is 0 Å². The lowest BCUT2D eigenvalue weighted by Crippen LogP contribution is -2.61. The normalized spacial score (nSPS) is 18.5. The lowest BCUT2D eigenvalue weighted by molar-refractivity contribution is -0.384. The first-order valence-electron chi connectivity index (χ1n) is 7.94. The molecule has 3 N–H and O–H groups in total. The highest BCUT2D eigenvalue weighted by Gasteiger charge is 2.39. The number of carbonyl (C=O) groups is 2. The lowest BCUT2D eigenvalue weighted by Gasteiger charge is -2.32. The summed E-state index contributed by atoms with van der Waals surface area (Å²) in [5.41, 5.74) is 4.87. The van der Waals surface area contributed by atoms with Crippen molar-refractivity contribution in [1.82, 2.24) is 15.8 Å². The van der Waals surface area contributed by atoms with E-state index in [0.29, 0.717) is 17.1 Å². The molecule has 10 nitrogen and oxygen atoms in total. The van der Waals surface area contributed by atoms with E-state index in [1.165, 1.54) is 23.2 Å². The molecule has 1 fully saturated rings. The van der Waals surface area contributed by atoms with Gasteiger partial charge in [-0.2, -0.15) is 4.99 Å². The smallest absolute Gasteiger partial charge is 0.269 e. The Balaban J connectivity index is 1.81. The second kappa shape index (κ2) is 6.47. The number of hydrogen-bond donors (Lipinski definition) is 3. The third kappa shape index (κ3) is 3.21. The van der Waals surface area contributed by atoms with Crippen molar-refractivity contribution in [3.8, 4) is 0 Å². The molecule has 0 saturated carbocycles. The van der Waals surface area contributed by atoms with E-state index in [-0.39, 0.29) is 24.0 Å². The number of rotatable bonds is 3. The van der Waals surface area contributed by atoms with Crippen LogP contribution in [0.3, 0.4) is 0 Å². The number of nitro benzene ring substituents is 1. The number of benzene rings is 1. The number of carbonyl (C=O) groups excluding carboxylic acids is 2. The molecule has 0 radical (unpaired) electrons. The molecule has 1 atom stereocenters. The summed E-state index contributed by atoms with van der Waals surface area (Å²) in [6, 6.07) is 3.38. The number of amides is 2. The van der Waals surface area contributed by atoms with Crippen LogP contribution in [0.25, 0.3) is 0 Å². The first-order valence-corrected chi connectivity index (χ1v) is 7.94. The van der Waals surface area contributed by atoms with Crippen molar-refractivity contribution in [2.24, 2.45) is 4.99 Å². The summed E-state index contributed by atoms with van der Waals surface area (Å²) >= 11 is 0.